The van der Waals surface area contributed by atoms with E-state index in [1.165, 1.54) is 0 Å². The predicted molar refractivity (Wildman–Crippen MR) is 94.3 cm³/mol. The average Bonchev–Trinajstić information content (AvgIpc) is 2.49. The van der Waals surface area contributed by atoms with Crippen LogP contribution < -0.4 is 10.1 Å². The van der Waals surface area contributed by atoms with Crippen LogP contribution in [0.5, 0.6) is 5.75 Å². The Bertz CT molecular complexity index is 646. The van der Waals surface area contributed by atoms with Crippen molar-refractivity contribution >= 4 is 45.8 Å². The van der Waals surface area contributed by atoms with Crippen LogP contribution in [0.15, 0.2) is 42.5 Å². The van der Waals surface area contributed by atoms with Gasteiger partial charge in [-0.1, -0.05) is 12.1 Å². The number of rotatable bonds is 5. The first-order valence-corrected chi connectivity index (χ1v) is 8.14. The van der Waals surface area contributed by atoms with Gasteiger partial charge in [0, 0.05) is 14.8 Å². The molecule has 0 aliphatic heterocycles. The maximum Gasteiger partial charge on any atom is 0.256 e. The SMILES string of the molecule is CCOc1ccc(NC(=O)c2ccccc2I)cc1CCl. The van der Waals surface area contributed by atoms with Crippen molar-refractivity contribution in [2.24, 2.45) is 0 Å². The predicted octanol–water partition coefficient (Wildman–Crippen LogP) is 4.68. The van der Waals surface area contributed by atoms with Crippen molar-refractivity contribution in [3.05, 3.63) is 57.2 Å². The molecule has 1 amide bonds. The molecule has 0 fully saturated rings. The number of nitrogens with one attached hydrogen (secondary N) is 1. The molecule has 0 saturated heterocycles. The third-order valence-corrected chi connectivity index (χ3v) is 4.11. The van der Waals surface area contributed by atoms with E-state index in [-0.39, 0.29) is 5.91 Å². The molecular weight excluding hydrogens is 401 g/mol. The zero-order chi connectivity index (χ0) is 15.2. The second kappa shape index (κ2) is 7.66. The Balaban J connectivity index is 2.20. The van der Waals surface area contributed by atoms with Gasteiger partial charge in [-0.05, 0) is 59.8 Å². The topological polar surface area (TPSA) is 38.3 Å². The van der Waals surface area contributed by atoms with Crippen LogP contribution >= 0.6 is 34.2 Å². The smallest absolute Gasteiger partial charge is 0.256 e. The molecule has 110 valence electrons. The third-order valence-electron chi connectivity index (χ3n) is 2.88. The molecule has 0 saturated carbocycles. The van der Waals surface area contributed by atoms with Crippen LogP contribution in [0.25, 0.3) is 0 Å². The molecule has 2 rings (SSSR count). The summed E-state index contributed by atoms with van der Waals surface area (Å²) in [6.45, 7) is 2.50. The van der Waals surface area contributed by atoms with Crippen LogP contribution in [0, 0.1) is 3.57 Å². The monoisotopic (exact) mass is 415 g/mol. The van der Waals surface area contributed by atoms with Crippen molar-refractivity contribution in [2.45, 2.75) is 12.8 Å². The Hall–Kier alpha value is -1.27. The third kappa shape index (κ3) is 4.11. The summed E-state index contributed by atoms with van der Waals surface area (Å²) in [6.07, 6.45) is 0. The summed E-state index contributed by atoms with van der Waals surface area (Å²) in [4.78, 5) is 12.3. The molecule has 0 atom stereocenters. The first-order chi connectivity index (χ1) is 10.2. The standard InChI is InChI=1S/C16H15ClINO2/c1-2-21-15-8-7-12(9-11(15)10-17)19-16(20)13-5-3-4-6-14(13)18/h3-9H,2,10H2,1H3,(H,19,20). The van der Waals surface area contributed by atoms with Gasteiger partial charge in [-0.25, -0.2) is 0 Å². The molecule has 0 bridgehead atoms. The molecule has 5 heteroatoms. The molecule has 0 unspecified atom stereocenters. The van der Waals surface area contributed by atoms with Gasteiger partial charge in [0.25, 0.3) is 5.91 Å². The number of benzene rings is 2. The Morgan fingerprint density at radius 2 is 2.05 bits per heavy atom. The molecule has 2 aromatic carbocycles. The highest BCUT2D eigenvalue weighted by atomic mass is 127. The van der Waals surface area contributed by atoms with Gasteiger partial charge in [-0.2, -0.15) is 0 Å². The second-order valence-corrected chi connectivity index (χ2v) is 5.75. The first kappa shape index (κ1) is 16.1. The summed E-state index contributed by atoms with van der Waals surface area (Å²) >= 11 is 8.07. The zero-order valence-corrected chi connectivity index (χ0v) is 14.4. The van der Waals surface area contributed by atoms with E-state index in [0.717, 1.165) is 14.9 Å². The average molecular weight is 416 g/mol. The van der Waals surface area contributed by atoms with Crippen molar-refractivity contribution in [1.82, 2.24) is 0 Å². The molecule has 2 aromatic rings. The maximum atomic E-state index is 12.3. The van der Waals surface area contributed by atoms with Crippen LogP contribution in [0.4, 0.5) is 5.69 Å². The number of amides is 1. The summed E-state index contributed by atoms with van der Waals surface area (Å²) in [5.74, 6) is 0.950. The van der Waals surface area contributed by atoms with Crippen molar-refractivity contribution < 1.29 is 9.53 Å². The van der Waals surface area contributed by atoms with Gasteiger partial charge in [-0.3, -0.25) is 4.79 Å². The summed E-state index contributed by atoms with van der Waals surface area (Å²) in [6, 6.07) is 12.9. The molecule has 3 nitrogen and oxygen atoms in total. The van der Waals surface area contributed by atoms with Gasteiger partial charge in [0.05, 0.1) is 18.1 Å². The van der Waals surface area contributed by atoms with Crippen LogP contribution in [0.1, 0.15) is 22.8 Å². The lowest BCUT2D eigenvalue weighted by atomic mass is 10.1. The van der Waals surface area contributed by atoms with E-state index in [1.807, 2.05) is 43.3 Å². The fraction of sp³-hybridized carbons (Fsp3) is 0.188. The Morgan fingerprint density at radius 3 is 2.71 bits per heavy atom. The van der Waals surface area contributed by atoms with E-state index in [1.54, 1.807) is 6.07 Å². The van der Waals surface area contributed by atoms with E-state index in [2.05, 4.69) is 27.9 Å². The fourth-order valence-corrected chi connectivity index (χ4v) is 2.74. The van der Waals surface area contributed by atoms with Crippen LogP contribution in [-0.4, -0.2) is 12.5 Å². The van der Waals surface area contributed by atoms with Gasteiger partial charge < -0.3 is 10.1 Å². The molecule has 0 spiro atoms. The van der Waals surface area contributed by atoms with E-state index in [9.17, 15) is 4.79 Å². The van der Waals surface area contributed by atoms with E-state index in [4.69, 9.17) is 16.3 Å². The van der Waals surface area contributed by atoms with Gasteiger partial charge >= 0.3 is 0 Å². The minimum Gasteiger partial charge on any atom is -0.494 e. The molecule has 21 heavy (non-hydrogen) atoms. The summed E-state index contributed by atoms with van der Waals surface area (Å²) < 4.78 is 6.41. The van der Waals surface area contributed by atoms with E-state index >= 15 is 0 Å². The summed E-state index contributed by atoms with van der Waals surface area (Å²) in [7, 11) is 0. The quantitative estimate of drug-likeness (QED) is 0.569. The second-order valence-electron chi connectivity index (χ2n) is 4.32. The number of halogens is 2. The molecule has 0 heterocycles. The lowest BCUT2D eigenvalue weighted by Crippen LogP contribution is -2.13. The van der Waals surface area contributed by atoms with Gasteiger partial charge in [-0.15, -0.1) is 11.6 Å². The summed E-state index contributed by atoms with van der Waals surface area (Å²) in [5, 5.41) is 2.89. The molecule has 0 aliphatic carbocycles. The maximum absolute atomic E-state index is 12.3. The van der Waals surface area contributed by atoms with Gasteiger partial charge in [0.1, 0.15) is 5.75 Å². The van der Waals surface area contributed by atoms with Crippen molar-refractivity contribution in [2.75, 3.05) is 11.9 Å². The largest absolute Gasteiger partial charge is 0.494 e. The number of hydrogen-bond donors (Lipinski definition) is 1. The van der Waals surface area contributed by atoms with Crippen molar-refractivity contribution in [1.29, 1.82) is 0 Å². The first-order valence-electron chi connectivity index (χ1n) is 6.53. The zero-order valence-electron chi connectivity index (χ0n) is 11.5. The lowest BCUT2D eigenvalue weighted by Gasteiger charge is -2.11. The molecule has 0 aliphatic rings. The van der Waals surface area contributed by atoms with Crippen LogP contribution in [-0.2, 0) is 5.88 Å². The lowest BCUT2D eigenvalue weighted by molar-refractivity contribution is 0.102. The summed E-state index contributed by atoms with van der Waals surface area (Å²) in [5.41, 5.74) is 2.22. The Kier molecular flexibility index (Phi) is 5.87. The van der Waals surface area contributed by atoms with Crippen LogP contribution in [0.3, 0.4) is 0 Å². The van der Waals surface area contributed by atoms with Crippen molar-refractivity contribution in [3.8, 4) is 5.75 Å². The van der Waals surface area contributed by atoms with Crippen molar-refractivity contribution in [3.63, 3.8) is 0 Å². The van der Waals surface area contributed by atoms with Crippen LogP contribution in [0.2, 0.25) is 0 Å². The van der Waals surface area contributed by atoms with E-state index < -0.39 is 0 Å². The number of carbonyl (C=O) groups is 1. The normalized spacial score (nSPS) is 10.2. The Morgan fingerprint density at radius 1 is 1.29 bits per heavy atom. The number of anilines is 1. The Labute approximate surface area is 142 Å². The molecule has 0 aromatic heterocycles. The highest BCUT2D eigenvalue weighted by Crippen LogP contribution is 2.25. The highest BCUT2D eigenvalue weighted by molar-refractivity contribution is 14.1. The molecule has 0 radical (unpaired) electrons. The number of ether oxygens (including phenoxy) is 1. The molecule has 1 N–H and O–H groups in total. The highest BCUT2D eigenvalue weighted by Gasteiger charge is 2.11. The van der Waals surface area contributed by atoms with E-state index in [0.29, 0.717) is 23.7 Å². The minimum absolute atomic E-state index is 0.135. The van der Waals surface area contributed by atoms with Gasteiger partial charge in [0.2, 0.25) is 0 Å². The number of hydrogen-bond acceptors (Lipinski definition) is 2. The number of carbonyl (C=O) groups excluding carboxylic acids is 1. The minimum atomic E-state index is -0.135. The number of alkyl halides is 1. The van der Waals surface area contributed by atoms with Gasteiger partial charge in [0.15, 0.2) is 0 Å². The molecular formula is C16H15ClINO2. The fourth-order valence-electron chi connectivity index (χ4n) is 1.90.